The van der Waals surface area contributed by atoms with Gasteiger partial charge < -0.3 is 4.98 Å². The Labute approximate surface area is 192 Å². The van der Waals surface area contributed by atoms with E-state index in [1.807, 2.05) is 38.1 Å². The minimum Gasteiger partial charge on any atom is -0.326 e. The lowest BCUT2D eigenvalue weighted by Gasteiger charge is -2.30. The van der Waals surface area contributed by atoms with Crippen LogP contribution in [0.2, 0.25) is 0 Å². The number of nitrogens with one attached hydrogen (secondary N) is 1. The van der Waals surface area contributed by atoms with Crippen LogP contribution >= 0.6 is 11.3 Å². The number of sulfonamides is 1. The molecule has 0 amide bonds. The van der Waals surface area contributed by atoms with E-state index < -0.39 is 10.0 Å². The molecule has 6 nitrogen and oxygen atoms in total. The van der Waals surface area contributed by atoms with Crippen LogP contribution in [0.5, 0.6) is 0 Å². The van der Waals surface area contributed by atoms with Crippen LogP contribution in [0.25, 0.3) is 10.4 Å². The number of piperidine rings is 1. The van der Waals surface area contributed by atoms with Crippen LogP contribution < -0.4 is 5.56 Å². The summed E-state index contributed by atoms with van der Waals surface area (Å²) in [7, 11) is -3.63. The zero-order valence-electron chi connectivity index (χ0n) is 18.1. The van der Waals surface area contributed by atoms with E-state index in [1.54, 1.807) is 24.3 Å². The summed E-state index contributed by atoms with van der Waals surface area (Å²) < 4.78 is 28.2. The SMILES string of the molecule is CCc1cc(-c2ccc(S(=O)(=O)N3CCC(C(=O)c4ccccc4)CC3)s2)c(C)[nH]c1=O. The lowest BCUT2D eigenvalue weighted by atomic mass is 9.90. The molecule has 0 unspecified atom stereocenters. The lowest BCUT2D eigenvalue weighted by Crippen LogP contribution is -2.40. The van der Waals surface area contributed by atoms with Crippen molar-refractivity contribution in [2.75, 3.05) is 13.1 Å². The third kappa shape index (κ3) is 4.35. The van der Waals surface area contributed by atoms with Gasteiger partial charge in [-0.05, 0) is 44.4 Å². The molecule has 0 saturated carbocycles. The summed E-state index contributed by atoms with van der Waals surface area (Å²) in [5, 5.41) is 0. The molecule has 1 aliphatic rings. The molecule has 0 spiro atoms. The van der Waals surface area contributed by atoms with Gasteiger partial charge in [0.25, 0.3) is 15.6 Å². The van der Waals surface area contributed by atoms with Gasteiger partial charge in [-0.3, -0.25) is 9.59 Å². The highest BCUT2D eigenvalue weighted by Gasteiger charge is 2.33. The first-order valence-corrected chi connectivity index (χ1v) is 13.0. The first-order valence-electron chi connectivity index (χ1n) is 10.7. The molecule has 168 valence electrons. The predicted octanol–water partition coefficient (Wildman–Crippen LogP) is 4.26. The molecule has 32 heavy (non-hydrogen) atoms. The normalized spacial score (nSPS) is 15.7. The summed E-state index contributed by atoms with van der Waals surface area (Å²) >= 11 is 1.21. The van der Waals surface area contributed by atoms with Gasteiger partial charge in [0.1, 0.15) is 4.21 Å². The molecule has 0 atom stereocenters. The van der Waals surface area contributed by atoms with Gasteiger partial charge in [-0.25, -0.2) is 8.42 Å². The number of benzene rings is 1. The van der Waals surface area contributed by atoms with Crippen LogP contribution in [0.3, 0.4) is 0 Å². The molecule has 4 rings (SSSR count). The maximum atomic E-state index is 13.2. The molecular formula is C24H26N2O4S2. The molecule has 1 saturated heterocycles. The Kier molecular flexibility index (Phi) is 6.46. The standard InChI is InChI=1S/C24H26N2O4S2/c1-3-17-15-20(16(2)25-24(17)28)21-9-10-22(31-21)32(29,30)26-13-11-19(12-14-26)23(27)18-7-5-4-6-8-18/h4-10,15,19H,3,11-14H2,1-2H3,(H,25,28). The maximum absolute atomic E-state index is 13.2. The van der Waals surface area contributed by atoms with Crippen LogP contribution in [0.4, 0.5) is 0 Å². The highest BCUT2D eigenvalue weighted by atomic mass is 32.2. The summed E-state index contributed by atoms with van der Waals surface area (Å²) in [6.45, 7) is 4.39. The van der Waals surface area contributed by atoms with E-state index in [0.717, 1.165) is 16.1 Å². The van der Waals surface area contributed by atoms with Gasteiger partial charge in [0, 0.05) is 46.3 Å². The number of rotatable bonds is 6. The molecule has 3 heterocycles. The molecule has 0 radical (unpaired) electrons. The molecule has 8 heteroatoms. The van der Waals surface area contributed by atoms with Gasteiger partial charge in [0.05, 0.1) is 0 Å². The van der Waals surface area contributed by atoms with Gasteiger partial charge in [-0.2, -0.15) is 4.31 Å². The van der Waals surface area contributed by atoms with Gasteiger partial charge in [0.15, 0.2) is 5.78 Å². The van der Waals surface area contributed by atoms with Gasteiger partial charge in [-0.1, -0.05) is 37.3 Å². The number of hydrogen-bond donors (Lipinski definition) is 1. The predicted molar refractivity (Wildman–Crippen MR) is 127 cm³/mol. The second-order valence-electron chi connectivity index (χ2n) is 8.04. The molecule has 0 bridgehead atoms. The zero-order valence-corrected chi connectivity index (χ0v) is 19.8. The summed E-state index contributed by atoms with van der Waals surface area (Å²) in [6.07, 6.45) is 1.64. The van der Waals surface area contributed by atoms with Crippen molar-refractivity contribution in [1.82, 2.24) is 9.29 Å². The number of aryl methyl sites for hydroxylation is 2. The Morgan fingerprint density at radius 3 is 2.47 bits per heavy atom. The topological polar surface area (TPSA) is 87.3 Å². The van der Waals surface area contributed by atoms with Gasteiger partial charge in [0.2, 0.25) is 0 Å². The number of Topliss-reactive ketones (excluding diaryl/α,β-unsaturated/α-hetero) is 1. The first kappa shape index (κ1) is 22.6. The average Bonchev–Trinajstić information content (AvgIpc) is 3.30. The Hall–Kier alpha value is -2.55. The summed E-state index contributed by atoms with van der Waals surface area (Å²) in [5.41, 5.74) is 2.82. The summed E-state index contributed by atoms with van der Waals surface area (Å²) in [4.78, 5) is 28.4. The van der Waals surface area contributed by atoms with Crippen molar-refractivity contribution in [2.24, 2.45) is 5.92 Å². The Bertz CT molecular complexity index is 1290. The number of aromatic amines is 1. The number of carbonyl (C=O) groups excluding carboxylic acids is 1. The highest BCUT2D eigenvalue weighted by Crippen LogP contribution is 2.35. The molecule has 1 N–H and O–H groups in total. The molecule has 2 aromatic heterocycles. The van der Waals surface area contributed by atoms with Crippen molar-refractivity contribution in [2.45, 2.75) is 37.3 Å². The number of carbonyl (C=O) groups is 1. The van der Waals surface area contributed by atoms with Crippen molar-refractivity contribution in [3.8, 4) is 10.4 Å². The fourth-order valence-electron chi connectivity index (χ4n) is 4.11. The fourth-order valence-corrected chi connectivity index (χ4v) is 7.12. The molecule has 0 aliphatic carbocycles. The molecule has 1 aliphatic heterocycles. The number of pyridine rings is 1. The van der Waals surface area contributed by atoms with E-state index in [2.05, 4.69) is 4.98 Å². The van der Waals surface area contributed by atoms with E-state index in [1.165, 1.54) is 15.6 Å². The second kappa shape index (κ2) is 9.13. The van der Waals surface area contributed by atoms with Gasteiger partial charge in [-0.15, -0.1) is 11.3 Å². The third-order valence-electron chi connectivity index (χ3n) is 6.02. The lowest BCUT2D eigenvalue weighted by molar-refractivity contribution is 0.0875. The molecular weight excluding hydrogens is 444 g/mol. The number of ketones is 1. The van der Waals surface area contributed by atoms with E-state index in [0.29, 0.717) is 43.5 Å². The van der Waals surface area contributed by atoms with Crippen LogP contribution in [-0.4, -0.2) is 36.6 Å². The fraction of sp³-hybridized carbons (Fsp3) is 0.333. The van der Waals surface area contributed by atoms with Crippen molar-refractivity contribution < 1.29 is 13.2 Å². The first-order chi connectivity index (χ1) is 15.3. The number of aromatic nitrogens is 1. The van der Waals surface area contributed by atoms with Crippen LogP contribution in [-0.2, 0) is 16.4 Å². The van der Waals surface area contributed by atoms with Crippen molar-refractivity contribution in [1.29, 1.82) is 0 Å². The molecule has 3 aromatic rings. The quantitative estimate of drug-likeness (QED) is 0.546. The Morgan fingerprint density at radius 2 is 1.81 bits per heavy atom. The monoisotopic (exact) mass is 470 g/mol. The van der Waals surface area contributed by atoms with E-state index in [9.17, 15) is 18.0 Å². The highest BCUT2D eigenvalue weighted by molar-refractivity contribution is 7.91. The minimum atomic E-state index is -3.63. The number of nitrogens with zero attached hydrogens (tertiary/aromatic N) is 1. The van der Waals surface area contributed by atoms with Crippen molar-refractivity contribution in [3.05, 3.63) is 75.7 Å². The molecule has 1 fully saturated rings. The summed E-state index contributed by atoms with van der Waals surface area (Å²) in [5.74, 6) is -0.0691. The Balaban J connectivity index is 1.50. The van der Waals surface area contributed by atoms with Crippen molar-refractivity contribution in [3.63, 3.8) is 0 Å². The Morgan fingerprint density at radius 1 is 1.12 bits per heavy atom. The third-order valence-corrected chi connectivity index (χ3v) is 9.50. The van der Waals surface area contributed by atoms with E-state index in [4.69, 9.17) is 0 Å². The summed E-state index contributed by atoms with van der Waals surface area (Å²) in [6, 6.07) is 14.4. The van der Waals surface area contributed by atoms with E-state index >= 15 is 0 Å². The van der Waals surface area contributed by atoms with Crippen LogP contribution in [0.15, 0.2) is 57.5 Å². The van der Waals surface area contributed by atoms with Gasteiger partial charge >= 0.3 is 0 Å². The number of hydrogen-bond acceptors (Lipinski definition) is 5. The zero-order chi connectivity index (χ0) is 22.9. The van der Waals surface area contributed by atoms with Crippen LogP contribution in [0.1, 0.15) is 41.4 Å². The van der Waals surface area contributed by atoms with E-state index in [-0.39, 0.29) is 21.5 Å². The smallest absolute Gasteiger partial charge is 0.252 e. The largest absolute Gasteiger partial charge is 0.326 e. The number of H-pyrrole nitrogens is 1. The average molecular weight is 471 g/mol. The van der Waals surface area contributed by atoms with Crippen LogP contribution in [0, 0.1) is 12.8 Å². The maximum Gasteiger partial charge on any atom is 0.252 e. The molecule has 1 aromatic carbocycles. The van der Waals surface area contributed by atoms with Crippen molar-refractivity contribution >= 4 is 27.1 Å². The number of thiophene rings is 1. The second-order valence-corrected chi connectivity index (χ2v) is 11.3. The minimum absolute atomic E-state index is 0.0846.